The van der Waals surface area contributed by atoms with Crippen LogP contribution in [-0.4, -0.2) is 34.1 Å². The molecule has 0 amide bonds. The third-order valence-corrected chi connectivity index (χ3v) is 1.86. The molecule has 0 saturated heterocycles. The van der Waals surface area contributed by atoms with Crippen LogP contribution < -0.4 is 0 Å². The Hall–Kier alpha value is -0.380. The number of hydrogen-bond donors (Lipinski definition) is 3. The average molecular weight is 144 g/mol. The zero-order chi connectivity index (χ0) is 7.56. The molecule has 0 aromatic heterocycles. The van der Waals surface area contributed by atoms with Crippen LogP contribution in [0.15, 0.2) is 12.2 Å². The lowest BCUT2D eigenvalue weighted by molar-refractivity contribution is 0.00742. The predicted octanol–water partition coefficient (Wildman–Crippen LogP) is -0.723. The first-order valence-electron chi connectivity index (χ1n) is 3.39. The Kier molecular flexibility index (Phi) is 2.43. The standard InChI is InChI=1S/C7H12O3/c8-4-7(10)5-2-1-3-6(5)9/h1,3,5-10H,2,4H2/t5-,6-,7-/m1/s1. The van der Waals surface area contributed by atoms with Crippen LogP contribution >= 0.6 is 0 Å². The van der Waals surface area contributed by atoms with E-state index in [2.05, 4.69) is 0 Å². The van der Waals surface area contributed by atoms with Gasteiger partial charge in [-0.25, -0.2) is 0 Å². The topological polar surface area (TPSA) is 60.7 Å². The minimum atomic E-state index is -0.787. The summed E-state index contributed by atoms with van der Waals surface area (Å²) in [7, 11) is 0. The molecule has 3 heteroatoms. The van der Waals surface area contributed by atoms with E-state index in [-0.39, 0.29) is 12.5 Å². The Balaban J connectivity index is 2.42. The van der Waals surface area contributed by atoms with Gasteiger partial charge in [0, 0.05) is 5.92 Å². The van der Waals surface area contributed by atoms with Gasteiger partial charge >= 0.3 is 0 Å². The summed E-state index contributed by atoms with van der Waals surface area (Å²) in [5, 5.41) is 26.7. The van der Waals surface area contributed by atoms with E-state index in [4.69, 9.17) is 15.3 Å². The molecule has 0 unspecified atom stereocenters. The molecule has 0 fully saturated rings. The highest BCUT2D eigenvalue weighted by Gasteiger charge is 2.26. The second-order valence-electron chi connectivity index (χ2n) is 2.57. The van der Waals surface area contributed by atoms with Crippen molar-refractivity contribution in [1.82, 2.24) is 0 Å². The van der Waals surface area contributed by atoms with E-state index in [1.54, 1.807) is 6.08 Å². The average Bonchev–Trinajstić information content (AvgIpc) is 2.34. The minimum Gasteiger partial charge on any atom is -0.394 e. The number of rotatable bonds is 2. The van der Waals surface area contributed by atoms with E-state index >= 15 is 0 Å². The molecule has 1 rings (SSSR count). The smallest absolute Gasteiger partial charge is 0.0829 e. The van der Waals surface area contributed by atoms with Gasteiger partial charge in [-0.1, -0.05) is 12.2 Å². The summed E-state index contributed by atoms with van der Waals surface area (Å²) >= 11 is 0. The van der Waals surface area contributed by atoms with Crippen LogP contribution in [0.5, 0.6) is 0 Å². The van der Waals surface area contributed by atoms with E-state index in [0.29, 0.717) is 6.42 Å². The highest BCUT2D eigenvalue weighted by atomic mass is 16.3. The van der Waals surface area contributed by atoms with Gasteiger partial charge in [-0.2, -0.15) is 0 Å². The van der Waals surface area contributed by atoms with Crippen molar-refractivity contribution in [3.05, 3.63) is 12.2 Å². The Morgan fingerprint density at radius 3 is 2.70 bits per heavy atom. The van der Waals surface area contributed by atoms with Crippen LogP contribution in [-0.2, 0) is 0 Å². The maximum absolute atomic E-state index is 9.13. The quantitative estimate of drug-likeness (QED) is 0.448. The summed E-state index contributed by atoms with van der Waals surface area (Å²) in [6.07, 6.45) is 2.74. The molecule has 58 valence electrons. The van der Waals surface area contributed by atoms with Crippen molar-refractivity contribution in [1.29, 1.82) is 0 Å². The molecule has 0 aromatic rings. The van der Waals surface area contributed by atoms with Crippen LogP contribution in [0.1, 0.15) is 6.42 Å². The summed E-state index contributed by atoms with van der Waals surface area (Å²) in [6.45, 7) is -0.274. The van der Waals surface area contributed by atoms with Gasteiger partial charge in [0.05, 0.1) is 18.8 Å². The monoisotopic (exact) mass is 144 g/mol. The van der Waals surface area contributed by atoms with Gasteiger partial charge in [0.1, 0.15) is 0 Å². The molecule has 1 aliphatic carbocycles. The SMILES string of the molecule is OC[C@@H](O)[C@@H]1CC=C[C@H]1O. The van der Waals surface area contributed by atoms with Gasteiger partial charge in [-0.05, 0) is 6.42 Å². The number of aliphatic hydroxyl groups excluding tert-OH is 3. The summed E-state index contributed by atoms with van der Waals surface area (Å²) < 4.78 is 0. The van der Waals surface area contributed by atoms with Crippen LogP contribution in [0.25, 0.3) is 0 Å². The lowest BCUT2D eigenvalue weighted by Gasteiger charge is -2.18. The van der Waals surface area contributed by atoms with E-state index in [1.165, 1.54) is 0 Å². The van der Waals surface area contributed by atoms with Gasteiger partial charge in [0.25, 0.3) is 0 Å². The molecule has 0 spiro atoms. The van der Waals surface area contributed by atoms with Crippen molar-refractivity contribution in [2.45, 2.75) is 18.6 Å². The Morgan fingerprint density at radius 2 is 2.30 bits per heavy atom. The second-order valence-corrected chi connectivity index (χ2v) is 2.57. The lowest BCUT2D eigenvalue weighted by atomic mass is 9.98. The fourth-order valence-corrected chi connectivity index (χ4v) is 1.18. The molecule has 0 heterocycles. The van der Waals surface area contributed by atoms with Crippen LogP contribution in [0.2, 0.25) is 0 Å². The van der Waals surface area contributed by atoms with Crippen molar-refractivity contribution >= 4 is 0 Å². The van der Waals surface area contributed by atoms with Crippen molar-refractivity contribution in [3.8, 4) is 0 Å². The lowest BCUT2D eigenvalue weighted by Crippen LogP contribution is -2.30. The normalized spacial score (nSPS) is 34.7. The van der Waals surface area contributed by atoms with Gasteiger partial charge in [0.2, 0.25) is 0 Å². The summed E-state index contributed by atoms with van der Waals surface area (Å²) in [6, 6.07) is 0. The Morgan fingerprint density at radius 1 is 1.60 bits per heavy atom. The molecule has 3 N–H and O–H groups in total. The molecule has 0 aliphatic heterocycles. The maximum atomic E-state index is 9.13. The summed E-state index contributed by atoms with van der Waals surface area (Å²) in [5.74, 6) is -0.204. The van der Waals surface area contributed by atoms with E-state index < -0.39 is 12.2 Å². The zero-order valence-electron chi connectivity index (χ0n) is 5.64. The molecule has 0 radical (unpaired) electrons. The maximum Gasteiger partial charge on any atom is 0.0829 e. The molecular formula is C7H12O3. The van der Waals surface area contributed by atoms with Gasteiger partial charge < -0.3 is 15.3 Å². The van der Waals surface area contributed by atoms with Crippen LogP contribution in [0, 0.1) is 5.92 Å². The highest BCUT2D eigenvalue weighted by molar-refractivity contribution is 5.03. The molecule has 0 bridgehead atoms. The Bertz CT molecular complexity index is 133. The largest absolute Gasteiger partial charge is 0.394 e. The zero-order valence-corrected chi connectivity index (χ0v) is 5.64. The number of hydrogen-bond acceptors (Lipinski definition) is 3. The van der Waals surface area contributed by atoms with Crippen molar-refractivity contribution < 1.29 is 15.3 Å². The molecular weight excluding hydrogens is 132 g/mol. The van der Waals surface area contributed by atoms with Gasteiger partial charge in [-0.15, -0.1) is 0 Å². The van der Waals surface area contributed by atoms with E-state index in [0.717, 1.165) is 0 Å². The first kappa shape index (κ1) is 7.72. The Labute approximate surface area is 59.6 Å². The molecule has 1 aliphatic rings. The fraction of sp³-hybridized carbons (Fsp3) is 0.714. The fourth-order valence-electron chi connectivity index (χ4n) is 1.18. The van der Waals surface area contributed by atoms with Gasteiger partial charge in [0.15, 0.2) is 0 Å². The highest BCUT2D eigenvalue weighted by Crippen LogP contribution is 2.21. The summed E-state index contributed by atoms with van der Waals surface area (Å²) in [4.78, 5) is 0. The number of aliphatic hydroxyl groups is 3. The van der Waals surface area contributed by atoms with Crippen molar-refractivity contribution in [3.63, 3.8) is 0 Å². The third-order valence-electron chi connectivity index (χ3n) is 1.86. The molecule has 10 heavy (non-hydrogen) atoms. The van der Waals surface area contributed by atoms with Crippen molar-refractivity contribution in [2.75, 3.05) is 6.61 Å². The van der Waals surface area contributed by atoms with Crippen molar-refractivity contribution in [2.24, 2.45) is 5.92 Å². The first-order valence-corrected chi connectivity index (χ1v) is 3.39. The van der Waals surface area contributed by atoms with E-state index in [9.17, 15) is 0 Å². The molecule has 3 atom stereocenters. The predicted molar refractivity (Wildman–Crippen MR) is 36.3 cm³/mol. The summed E-state index contributed by atoms with van der Waals surface area (Å²) in [5.41, 5.74) is 0. The van der Waals surface area contributed by atoms with Crippen LogP contribution in [0.3, 0.4) is 0 Å². The molecule has 0 saturated carbocycles. The minimum absolute atomic E-state index is 0.204. The van der Waals surface area contributed by atoms with Crippen LogP contribution in [0.4, 0.5) is 0 Å². The molecule has 3 nitrogen and oxygen atoms in total. The number of allylic oxidation sites excluding steroid dienone is 1. The van der Waals surface area contributed by atoms with E-state index in [1.807, 2.05) is 6.08 Å². The molecule has 0 aromatic carbocycles. The first-order chi connectivity index (χ1) is 4.75. The third kappa shape index (κ3) is 1.37. The second kappa shape index (κ2) is 3.14. The van der Waals surface area contributed by atoms with Gasteiger partial charge in [-0.3, -0.25) is 0 Å².